The van der Waals surface area contributed by atoms with Gasteiger partial charge in [0.15, 0.2) is 0 Å². The second-order valence-electron chi connectivity index (χ2n) is 10.6. The Hall–Kier alpha value is -3.27. The van der Waals surface area contributed by atoms with Crippen LogP contribution in [0.15, 0.2) is 65.8 Å². The molecule has 2 heterocycles. The Kier molecular flexibility index (Phi) is 9.88. The number of nitrogens with zero attached hydrogens (tertiary/aromatic N) is 3. The van der Waals surface area contributed by atoms with Gasteiger partial charge in [0.05, 0.1) is 24.5 Å². The zero-order valence-corrected chi connectivity index (χ0v) is 23.6. The van der Waals surface area contributed by atoms with Crippen molar-refractivity contribution in [3.05, 3.63) is 71.8 Å². The third-order valence-electron chi connectivity index (χ3n) is 7.06. The molecule has 1 saturated heterocycles. The van der Waals surface area contributed by atoms with E-state index >= 15 is 0 Å². The Labute approximate surface area is 236 Å². The van der Waals surface area contributed by atoms with Crippen LogP contribution in [-0.2, 0) is 32.1 Å². The molecule has 10 heteroatoms. The molecular weight excluding hydrogens is 518 g/mol. The van der Waals surface area contributed by atoms with Gasteiger partial charge in [-0.2, -0.15) is 5.10 Å². The molecule has 9 nitrogen and oxygen atoms in total. The van der Waals surface area contributed by atoms with Crippen LogP contribution in [0.1, 0.15) is 38.3 Å². The summed E-state index contributed by atoms with van der Waals surface area (Å²) in [5, 5.41) is 8.92. The first-order chi connectivity index (χ1) is 18.1. The highest BCUT2D eigenvalue weighted by molar-refractivity contribution is 6.13. The predicted octanol–water partition coefficient (Wildman–Crippen LogP) is 2.53. The van der Waals surface area contributed by atoms with E-state index in [-0.39, 0.29) is 37.4 Å². The van der Waals surface area contributed by atoms with Crippen LogP contribution in [-0.4, -0.2) is 71.2 Å². The van der Waals surface area contributed by atoms with E-state index in [1.807, 2.05) is 67.6 Å². The number of likely N-dealkylation sites (tertiary alicyclic amines) is 1. The number of hydrogen-bond donors (Lipinski definition) is 2. The van der Waals surface area contributed by atoms with E-state index in [4.69, 9.17) is 10.5 Å². The van der Waals surface area contributed by atoms with Gasteiger partial charge in [-0.05, 0) is 38.3 Å². The Bertz CT molecular complexity index is 1190. The normalized spacial score (nSPS) is 19.6. The number of hydrazone groups is 1. The van der Waals surface area contributed by atoms with Crippen molar-refractivity contribution in [2.75, 3.05) is 26.2 Å². The third-order valence-corrected chi connectivity index (χ3v) is 7.06. The van der Waals surface area contributed by atoms with Crippen LogP contribution in [0.4, 0.5) is 0 Å². The number of ether oxygens (including phenoxy) is 1. The Balaban J connectivity index is 0.00000420. The maximum absolute atomic E-state index is 13.9. The van der Waals surface area contributed by atoms with Gasteiger partial charge in [-0.1, -0.05) is 60.7 Å². The average molecular weight is 556 g/mol. The molecular formula is C29H38ClN5O4. The van der Waals surface area contributed by atoms with Crippen LogP contribution in [0.5, 0.6) is 0 Å². The molecule has 0 bridgehead atoms. The number of hydrogen-bond acceptors (Lipinski definition) is 6. The van der Waals surface area contributed by atoms with E-state index in [1.165, 1.54) is 5.01 Å². The lowest BCUT2D eigenvalue weighted by Gasteiger charge is -2.41. The fourth-order valence-corrected chi connectivity index (χ4v) is 4.94. The maximum atomic E-state index is 13.9. The molecule has 2 atom stereocenters. The first-order valence-corrected chi connectivity index (χ1v) is 13.1. The average Bonchev–Trinajstić information content (AvgIpc) is 3.18. The number of fused-ring (bicyclic) bond motifs is 1. The van der Waals surface area contributed by atoms with Crippen LogP contribution < -0.4 is 11.1 Å². The van der Waals surface area contributed by atoms with Gasteiger partial charge in [-0.3, -0.25) is 14.4 Å². The number of amides is 3. The molecule has 2 aromatic rings. The van der Waals surface area contributed by atoms with E-state index in [2.05, 4.69) is 10.4 Å². The Morgan fingerprint density at radius 2 is 1.72 bits per heavy atom. The van der Waals surface area contributed by atoms with Crippen molar-refractivity contribution >= 4 is 35.8 Å². The Morgan fingerprint density at radius 1 is 1.10 bits per heavy atom. The van der Waals surface area contributed by atoms with Crippen molar-refractivity contribution in [1.82, 2.24) is 15.2 Å². The standard InChI is InChI=1S/C29H37N5O4.ClH/c1-4-34-27(37)29(17-21-11-7-5-8-12-21)20-33(16-15-24(29)32-34)25(35)23(31-26(36)28(2,3)30)19-38-18-22-13-9-6-10-14-22;/h5-14,23H,4,15-20,30H2,1-3H3,(H,31,36);1H. The largest absolute Gasteiger partial charge is 0.374 e. The molecule has 0 saturated carbocycles. The molecule has 2 unspecified atom stereocenters. The van der Waals surface area contributed by atoms with Crippen LogP contribution in [0.2, 0.25) is 0 Å². The van der Waals surface area contributed by atoms with Crippen molar-refractivity contribution < 1.29 is 19.1 Å². The first-order valence-electron chi connectivity index (χ1n) is 13.1. The molecule has 210 valence electrons. The van der Waals surface area contributed by atoms with Gasteiger partial charge >= 0.3 is 0 Å². The van der Waals surface area contributed by atoms with Gasteiger partial charge in [0.2, 0.25) is 11.8 Å². The summed E-state index contributed by atoms with van der Waals surface area (Å²) in [6, 6.07) is 18.5. The molecule has 2 aliphatic heterocycles. The summed E-state index contributed by atoms with van der Waals surface area (Å²) in [5.74, 6) is -0.850. The number of carbonyl (C=O) groups excluding carboxylic acids is 3. The lowest BCUT2D eigenvalue weighted by molar-refractivity contribution is -0.144. The lowest BCUT2D eigenvalue weighted by atomic mass is 9.73. The first kappa shape index (κ1) is 30.3. The van der Waals surface area contributed by atoms with Crippen molar-refractivity contribution in [1.29, 1.82) is 0 Å². The zero-order valence-electron chi connectivity index (χ0n) is 22.8. The van der Waals surface area contributed by atoms with Crippen molar-refractivity contribution in [2.45, 2.75) is 51.8 Å². The number of carbonyl (C=O) groups is 3. The van der Waals surface area contributed by atoms with E-state index in [1.54, 1.807) is 18.7 Å². The molecule has 4 rings (SSSR count). The molecule has 39 heavy (non-hydrogen) atoms. The fraction of sp³-hybridized carbons (Fsp3) is 0.448. The monoisotopic (exact) mass is 555 g/mol. The number of halogens is 1. The van der Waals surface area contributed by atoms with E-state index in [0.717, 1.165) is 16.8 Å². The Morgan fingerprint density at radius 3 is 2.31 bits per heavy atom. The van der Waals surface area contributed by atoms with Gasteiger partial charge in [-0.25, -0.2) is 5.01 Å². The second kappa shape index (κ2) is 12.7. The summed E-state index contributed by atoms with van der Waals surface area (Å²) in [6.07, 6.45) is 0.928. The minimum Gasteiger partial charge on any atom is -0.374 e. The van der Waals surface area contributed by atoms with Gasteiger partial charge in [0, 0.05) is 26.1 Å². The van der Waals surface area contributed by atoms with Crippen LogP contribution in [0.3, 0.4) is 0 Å². The fourth-order valence-electron chi connectivity index (χ4n) is 4.94. The van der Waals surface area contributed by atoms with Gasteiger partial charge < -0.3 is 20.7 Å². The highest BCUT2D eigenvalue weighted by Crippen LogP contribution is 2.38. The van der Waals surface area contributed by atoms with Crippen molar-refractivity contribution in [3.63, 3.8) is 0 Å². The summed E-state index contributed by atoms with van der Waals surface area (Å²) < 4.78 is 5.87. The quantitative estimate of drug-likeness (QED) is 0.467. The molecule has 0 spiro atoms. The minimum atomic E-state index is -1.17. The van der Waals surface area contributed by atoms with Gasteiger partial charge in [0.25, 0.3) is 5.91 Å². The predicted molar refractivity (Wildman–Crippen MR) is 152 cm³/mol. The van der Waals surface area contributed by atoms with E-state index in [9.17, 15) is 14.4 Å². The zero-order chi connectivity index (χ0) is 27.3. The number of nitrogens with two attached hydrogens (primary N) is 1. The highest BCUT2D eigenvalue weighted by atomic mass is 35.5. The lowest BCUT2D eigenvalue weighted by Crippen LogP contribution is -2.61. The summed E-state index contributed by atoms with van der Waals surface area (Å²) >= 11 is 0. The second-order valence-corrected chi connectivity index (χ2v) is 10.6. The topological polar surface area (TPSA) is 117 Å². The van der Waals surface area contributed by atoms with Crippen molar-refractivity contribution in [3.8, 4) is 0 Å². The van der Waals surface area contributed by atoms with Gasteiger partial charge in [0.1, 0.15) is 11.5 Å². The molecule has 2 aliphatic rings. The number of piperidine rings is 1. The highest BCUT2D eigenvalue weighted by Gasteiger charge is 2.54. The minimum absolute atomic E-state index is 0. The molecule has 0 aliphatic carbocycles. The molecule has 1 fully saturated rings. The maximum Gasteiger partial charge on any atom is 0.256 e. The summed E-state index contributed by atoms with van der Waals surface area (Å²) in [5.41, 5.74) is 6.67. The summed E-state index contributed by atoms with van der Waals surface area (Å²) in [4.78, 5) is 41.9. The van der Waals surface area contributed by atoms with Crippen LogP contribution in [0.25, 0.3) is 0 Å². The molecule has 0 radical (unpaired) electrons. The molecule has 2 aromatic carbocycles. The van der Waals surface area contributed by atoms with Crippen molar-refractivity contribution in [2.24, 2.45) is 16.3 Å². The number of nitrogens with one attached hydrogen (secondary N) is 1. The van der Waals surface area contributed by atoms with E-state index < -0.39 is 22.9 Å². The number of benzene rings is 2. The smallest absolute Gasteiger partial charge is 0.256 e. The van der Waals surface area contributed by atoms with Gasteiger partial charge in [-0.15, -0.1) is 12.4 Å². The molecule has 3 amide bonds. The van der Waals surface area contributed by atoms with E-state index in [0.29, 0.717) is 32.5 Å². The van der Waals surface area contributed by atoms with Crippen LogP contribution >= 0.6 is 12.4 Å². The summed E-state index contributed by atoms with van der Waals surface area (Å²) in [6.45, 7) is 6.39. The SMILES string of the molecule is CCN1N=C2CCN(C(=O)C(COCc3ccccc3)NC(=O)C(C)(C)N)CC2(Cc2ccccc2)C1=O.Cl. The number of rotatable bonds is 10. The summed E-state index contributed by atoms with van der Waals surface area (Å²) in [7, 11) is 0. The molecule has 0 aromatic heterocycles. The third kappa shape index (κ3) is 6.84. The molecule has 3 N–H and O–H groups in total. The van der Waals surface area contributed by atoms with Crippen LogP contribution in [0, 0.1) is 5.41 Å².